The van der Waals surface area contributed by atoms with Crippen LogP contribution in [-0.2, 0) is 4.79 Å². The van der Waals surface area contributed by atoms with Gasteiger partial charge in [-0.2, -0.15) is 5.10 Å². The monoisotopic (exact) mass is 468 g/mol. The molecule has 1 atom stereocenters. The van der Waals surface area contributed by atoms with Crippen molar-refractivity contribution in [3.05, 3.63) is 70.4 Å². The second-order valence-electron chi connectivity index (χ2n) is 7.06. The number of nitrogens with zero attached hydrogens (tertiary/aromatic N) is 2. The molecule has 1 aliphatic rings. The van der Waals surface area contributed by atoms with Gasteiger partial charge >= 0.3 is 0 Å². The number of rotatable bonds is 8. The van der Waals surface area contributed by atoms with Crippen LogP contribution >= 0.6 is 23.1 Å². The fourth-order valence-electron chi connectivity index (χ4n) is 3.53. The molecule has 0 unspecified atom stereocenters. The number of thioether (sulfide) groups is 1. The predicted molar refractivity (Wildman–Crippen MR) is 128 cm³/mol. The van der Waals surface area contributed by atoms with Gasteiger partial charge in [0, 0.05) is 11.3 Å². The summed E-state index contributed by atoms with van der Waals surface area (Å²) in [6.45, 7) is 0. The molecule has 0 saturated heterocycles. The van der Waals surface area contributed by atoms with E-state index in [1.54, 1.807) is 37.7 Å². The number of hydrogen-bond donors (Lipinski definition) is 0. The Labute approximate surface area is 195 Å². The van der Waals surface area contributed by atoms with Gasteiger partial charge in [0.1, 0.15) is 5.75 Å². The molecule has 0 bridgehead atoms. The van der Waals surface area contributed by atoms with Crippen LogP contribution in [0.4, 0.5) is 0 Å². The number of ether oxygens (including phenoxy) is 3. The Morgan fingerprint density at radius 3 is 2.50 bits per heavy atom. The zero-order chi connectivity index (χ0) is 22.5. The largest absolute Gasteiger partial charge is 0.497 e. The van der Waals surface area contributed by atoms with E-state index in [9.17, 15) is 4.79 Å². The summed E-state index contributed by atoms with van der Waals surface area (Å²) < 4.78 is 16.0. The van der Waals surface area contributed by atoms with E-state index in [1.165, 1.54) is 11.8 Å². The maximum Gasteiger partial charge on any atom is 0.253 e. The fraction of sp³-hybridized carbons (Fsp3) is 0.250. The van der Waals surface area contributed by atoms with Crippen molar-refractivity contribution in [2.45, 2.75) is 17.4 Å². The summed E-state index contributed by atoms with van der Waals surface area (Å²) in [6, 6.07) is 17.3. The number of carbonyl (C=O) groups excluding carboxylic acids is 1. The van der Waals surface area contributed by atoms with E-state index in [-0.39, 0.29) is 17.7 Å². The van der Waals surface area contributed by atoms with Crippen molar-refractivity contribution in [3.63, 3.8) is 0 Å². The van der Waals surface area contributed by atoms with Crippen molar-refractivity contribution < 1.29 is 19.0 Å². The number of carbonyl (C=O) groups is 1. The maximum atomic E-state index is 13.2. The van der Waals surface area contributed by atoms with E-state index in [2.05, 4.69) is 0 Å². The van der Waals surface area contributed by atoms with Gasteiger partial charge in [-0.05, 0) is 53.4 Å². The normalized spacial score (nSPS) is 15.4. The van der Waals surface area contributed by atoms with Crippen molar-refractivity contribution >= 4 is 34.7 Å². The summed E-state index contributed by atoms with van der Waals surface area (Å²) in [4.78, 5) is 15.3. The number of hydrazone groups is 1. The summed E-state index contributed by atoms with van der Waals surface area (Å²) in [5.41, 5.74) is 1.88. The first-order valence-electron chi connectivity index (χ1n) is 10.0. The van der Waals surface area contributed by atoms with E-state index < -0.39 is 0 Å². The van der Waals surface area contributed by atoms with Crippen molar-refractivity contribution in [2.24, 2.45) is 5.10 Å². The van der Waals surface area contributed by atoms with E-state index in [0.29, 0.717) is 17.9 Å². The Balaban J connectivity index is 1.57. The van der Waals surface area contributed by atoms with Gasteiger partial charge in [-0.15, -0.1) is 23.1 Å². The van der Waals surface area contributed by atoms with Crippen LogP contribution in [-0.4, -0.2) is 43.7 Å². The minimum absolute atomic E-state index is 0.0443. The van der Waals surface area contributed by atoms with E-state index in [1.807, 2.05) is 60.0 Å². The third-order valence-electron chi connectivity index (χ3n) is 5.19. The van der Waals surface area contributed by atoms with Crippen molar-refractivity contribution in [1.82, 2.24) is 5.01 Å². The van der Waals surface area contributed by atoms with Crippen LogP contribution in [0.15, 0.2) is 70.0 Å². The fourth-order valence-corrected chi connectivity index (χ4v) is 5.01. The molecule has 1 aliphatic heterocycles. The molecular formula is C24H24N2O4S2. The van der Waals surface area contributed by atoms with Crippen molar-refractivity contribution in [2.75, 3.05) is 27.1 Å². The molecule has 0 fully saturated rings. The van der Waals surface area contributed by atoms with Gasteiger partial charge in [-0.1, -0.05) is 12.1 Å². The lowest BCUT2D eigenvalue weighted by Gasteiger charge is -2.23. The molecule has 4 rings (SSSR count). The molecule has 2 aromatic carbocycles. The van der Waals surface area contributed by atoms with Gasteiger partial charge in [0.15, 0.2) is 11.5 Å². The molecule has 3 aromatic rings. The number of methoxy groups -OCH3 is 3. The van der Waals surface area contributed by atoms with Crippen LogP contribution in [0.1, 0.15) is 22.9 Å². The lowest BCUT2D eigenvalue weighted by molar-refractivity contribution is -0.130. The highest BCUT2D eigenvalue weighted by Crippen LogP contribution is 2.38. The average Bonchev–Trinajstić information content (AvgIpc) is 3.52. The summed E-state index contributed by atoms with van der Waals surface area (Å²) in [6.07, 6.45) is 0.648. The molecular weight excluding hydrogens is 444 g/mol. The Hall–Kier alpha value is -2.97. The summed E-state index contributed by atoms with van der Waals surface area (Å²) >= 11 is 3.11. The lowest BCUT2D eigenvalue weighted by Crippen LogP contribution is -2.28. The van der Waals surface area contributed by atoms with E-state index >= 15 is 0 Å². The second kappa shape index (κ2) is 10.1. The molecule has 0 spiro atoms. The van der Waals surface area contributed by atoms with Gasteiger partial charge in [-0.25, -0.2) is 5.01 Å². The smallest absolute Gasteiger partial charge is 0.253 e. The summed E-state index contributed by atoms with van der Waals surface area (Å²) in [5, 5.41) is 8.37. The average molecular weight is 469 g/mol. The first kappa shape index (κ1) is 22.2. The Kier molecular flexibility index (Phi) is 7.02. The first-order valence-corrected chi connectivity index (χ1v) is 11.9. The number of amides is 1. The molecule has 32 heavy (non-hydrogen) atoms. The Morgan fingerprint density at radius 1 is 1.06 bits per heavy atom. The maximum absolute atomic E-state index is 13.2. The van der Waals surface area contributed by atoms with Crippen LogP contribution in [0.5, 0.6) is 17.2 Å². The highest BCUT2D eigenvalue weighted by molar-refractivity contribution is 8.00. The lowest BCUT2D eigenvalue weighted by atomic mass is 10.0. The Bertz CT molecular complexity index is 1100. The molecule has 1 aromatic heterocycles. The Morgan fingerprint density at radius 2 is 1.84 bits per heavy atom. The molecule has 0 radical (unpaired) electrons. The van der Waals surface area contributed by atoms with Crippen LogP contribution in [0.3, 0.4) is 0 Å². The van der Waals surface area contributed by atoms with Crippen molar-refractivity contribution in [3.8, 4) is 17.2 Å². The highest BCUT2D eigenvalue weighted by Gasteiger charge is 2.33. The predicted octanol–water partition coefficient (Wildman–Crippen LogP) is 5.24. The van der Waals surface area contributed by atoms with Crippen LogP contribution in [0, 0.1) is 0 Å². The quantitative estimate of drug-likeness (QED) is 0.423. The highest BCUT2D eigenvalue weighted by atomic mass is 32.2. The minimum Gasteiger partial charge on any atom is -0.497 e. The third kappa shape index (κ3) is 4.76. The van der Waals surface area contributed by atoms with Gasteiger partial charge in [0.05, 0.1) is 43.7 Å². The van der Waals surface area contributed by atoms with Gasteiger partial charge in [0.25, 0.3) is 5.91 Å². The molecule has 0 N–H and O–H groups in total. The number of benzene rings is 2. The first-order chi connectivity index (χ1) is 15.6. The zero-order valence-corrected chi connectivity index (χ0v) is 19.7. The third-order valence-corrected chi connectivity index (χ3v) is 7.10. The van der Waals surface area contributed by atoms with E-state index in [4.69, 9.17) is 19.3 Å². The molecule has 1 amide bonds. The molecule has 6 nitrogen and oxygen atoms in total. The zero-order valence-electron chi connectivity index (χ0n) is 18.1. The molecule has 0 aliphatic carbocycles. The summed E-state index contributed by atoms with van der Waals surface area (Å²) in [5.74, 6) is 2.32. The van der Waals surface area contributed by atoms with Crippen LogP contribution in [0.25, 0.3) is 0 Å². The van der Waals surface area contributed by atoms with Gasteiger partial charge in [-0.3, -0.25) is 4.79 Å². The van der Waals surface area contributed by atoms with Gasteiger partial charge in [0.2, 0.25) is 0 Å². The second-order valence-corrected chi connectivity index (χ2v) is 9.06. The number of thiophene rings is 1. The molecule has 0 saturated carbocycles. The molecule has 166 valence electrons. The molecule has 8 heteroatoms. The summed E-state index contributed by atoms with van der Waals surface area (Å²) in [7, 11) is 4.85. The standard InChI is InChI=1S/C24H24N2O4S2/c1-28-17-7-9-18(10-8-17)32-15-24(27)26-20(14-19(25-26)23-5-4-12-31-23)16-6-11-21(29-2)22(13-16)30-3/h4-13,20H,14-15H2,1-3H3/t20-/m0/s1. The number of hydrogen-bond acceptors (Lipinski definition) is 7. The molecule has 2 heterocycles. The van der Waals surface area contributed by atoms with Crippen LogP contribution in [0.2, 0.25) is 0 Å². The van der Waals surface area contributed by atoms with Crippen LogP contribution < -0.4 is 14.2 Å². The topological polar surface area (TPSA) is 60.4 Å². The van der Waals surface area contributed by atoms with Gasteiger partial charge < -0.3 is 14.2 Å². The van der Waals surface area contributed by atoms with Crippen molar-refractivity contribution in [1.29, 1.82) is 0 Å². The minimum atomic E-state index is -0.198. The SMILES string of the molecule is COc1ccc(SCC(=O)N2N=C(c3cccs3)C[C@H]2c2ccc(OC)c(OC)c2)cc1. The van der Waals surface area contributed by atoms with E-state index in [0.717, 1.165) is 26.8 Å².